The van der Waals surface area contributed by atoms with E-state index >= 15 is 0 Å². The van der Waals surface area contributed by atoms with Crippen molar-refractivity contribution >= 4 is 29.3 Å². The maximum absolute atomic E-state index is 12.6. The molecule has 0 saturated carbocycles. The summed E-state index contributed by atoms with van der Waals surface area (Å²) in [5.41, 5.74) is 1.72. The third-order valence-corrected chi connectivity index (χ3v) is 6.68. The molecule has 4 aromatic rings. The number of nitrogens with one attached hydrogen (secondary N) is 1. The molecule has 1 N–H and O–H groups in total. The van der Waals surface area contributed by atoms with Crippen LogP contribution in [0.15, 0.2) is 61.1 Å². The van der Waals surface area contributed by atoms with Crippen LogP contribution in [0, 0.1) is 5.41 Å². The summed E-state index contributed by atoms with van der Waals surface area (Å²) < 4.78 is 20.2. The maximum Gasteiger partial charge on any atom is 0.408 e. The van der Waals surface area contributed by atoms with Crippen LogP contribution in [-0.4, -0.2) is 57.8 Å². The number of hydrogen-bond donors (Lipinski definition) is 1. The number of amides is 1. The van der Waals surface area contributed by atoms with Gasteiger partial charge in [0, 0.05) is 24.5 Å². The van der Waals surface area contributed by atoms with Gasteiger partial charge in [-0.3, -0.25) is 14.2 Å². The van der Waals surface area contributed by atoms with E-state index < -0.39 is 23.2 Å². The molecule has 0 aliphatic heterocycles. The Morgan fingerprint density at radius 1 is 1.02 bits per heavy atom. The zero-order valence-electron chi connectivity index (χ0n) is 25.8. The van der Waals surface area contributed by atoms with Crippen molar-refractivity contribution in [3.05, 3.63) is 77.9 Å². The Morgan fingerprint density at radius 2 is 1.72 bits per heavy atom. The molecule has 2 aromatic heterocycles. The molecule has 10 nitrogen and oxygen atoms in total. The first-order chi connectivity index (χ1) is 20.3. The van der Waals surface area contributed by atoms with Crippen LogP contribution < -0.4 is 10.1 Å². The van der Waals surface area contributed by atoms with Crippen LogP contribution in [0.1, 0.15) is 63.2 Å². The summed E-state index contributed by atoms with van der Waals surface area (Å²) in [5.74, 6) is 1.05. The van der Waals surface area contributed by atoms with Gasteiger partial charge in [0.25, 0.3) is 0 Å². The van der Waals surface area contributed by atoms with Gasteiger partial charge < -0.3 is 24.1 Å². The van der Waals surface area contributed by atoms with Crippen molar-refractivity contribution in [1.29, 1.82) is 0 Å². The number of carbonyl (C=O) groups excluding carboxylic acids is 3. The lowest BCUT2D eigenvalue weighted by molar-refractivity contribution is -0.153. The van der Waals surface area contributed by atoms with E-state index in [9.17, 15) is 14.4 Å². The van der Waals surface area contributed by atoms with Crippen LogP contribution in [0.5, 0.6) is 5.75 Å². The summed E-state index contributed by atoms with van der Waals surface area (Å²) in [6, 6.07) is 14.9. The SMILES string of the molecule is COc1ccc(Cn2c(-n3cnc(C[C@@H](COC(=O)C(C)(C)C)NC(=O)OC(C)(C)C)c3)c(C=O)c3ccccc32)cc1. The second kappa shape index (κ2) is 12.7. The fourth-order valence-electron chi connectivity index (χ4n) is 4.64. The number of rotatable bonds is 10. The number of imidazole rings is 1. The second-order valence-electron chi connectivity index (χ2n) is 12.5. The van der Waals surface area contributed by atoms with Crippen LogP contribution in [0.2, 0.25) is 0 Å². The Bertz CT molecular complexity index is 1590. The second-order valence-corrected chi connectivity index (χ2v) is 12.5. The minimum Gasteiger partial charge on any atom is -0.497 e. The van der Waals surface area contributed by atoms with Crippen LogP contribution in [-0.2, 0) is 27.2 Å². The van der Waals surface area contributed by atoms with E-state index in [0.717, 1.165) is 28.5 Å². The quantitative estimate of drug-likeness (QED) is 0.186. The molecule has 2 aromatic carbocycles. The van der Waals surface area contributed by atoms with Crippen molar-refractivity contribution in [1.82, 2.24) is 19.4 Å². The molecule has 2 heterocycles. The fourth-order valence-corrected chi connectivity index (χ4v) is 4.64. The Labute approximate surface area is 251 Å². The molecule has 43 heavy (non-hydrogen) atoms. The number of esters is 1. The molecule has 0 aliphatic carbocycles. The van der Waals surface area contributed by atoms with Crippen LogP contribution >= 0.6 is 0 Å². The third-order valence-electron chi connectivity index (χ3n) is 6.68. The van der Waals surface area contributed by atoms with E-state index in [1.807, 2.05) is 59.3 Å². The van der Waals surface area contributed by atoms with E-state index in [1.54, 1.807) is 55.0 Å². The number of methoxy groups -OCH3 is 1. The number of benzene rings is 2. The minimum atomic E-state index is -0.694. The summed E-state index contributed by atoms with van der Waals surface area (Å²) >= 11 is 0. The Morgan fingerprint density at radius 3 is 2.35 bits per heavy atom. The Balaban J connectivity index is 1.66. The first-order valence-electron chi connectivity index (χ1n) is 14.2. The molecular formula is C33H40N4O6. The van der Waals surface area contributed by atoms with Gasteiger partial charge in [-0.25, -0.2) is 9.78 Å². The molecule has 0 fully saturated rings. The summed E-state index contributed by atoms with van der Waals surface area (Å²) in [4.78, 5) is 42.1. The lowest BCUT2D eigenvalue weighted by Crippen LogP contribution is -2.43. The summed E-state index contributed by atoms with van der Waals surface area (Å²) in [5, 5.41) is 3.64. The van der Waals surface area contributed by atoms with E-state index in [2.05, 4.69) is 14.9 Å². The molecule has 0 unspecified atom stereocenters. The van der Waals surface area contributed by atoms with Gasteiger partial charge in [0.2, 0.25) is 0 Å². The molecule has 1 amide bonds. The zero-order chi connectivity index (χ0) is 31.4. The number of alkyl carbamates (subject to hydrolysis) is 1. The largest absolute Gasteiger partial charge is 0.497 e. The summed E-state index contributed by atoms with van der Waals surface area (Å²) in [7, 11) is 1.63. The van der Waals surface area contributed by atoms with Crippen molar-refractivity contribution in [2.24, 2.45) is 5.41 Å². The van der Waals surface area contributed by atoms with Crippen LogP contribution in [0.3, 0.4) is 0 Å². The number of aromatic nitrogens is 3. The smallest absolute Gasteiger partial charge is 0.408 e. The highest BCUT2D eigenvalue weighted by Gasteiger charge is 2.27. The van der Waals surface area contributed by atoms with E-state index in [1.165, 1.54) is 0 Å². The number of para-hydroxylation sites is 1. The average Bonchev–Trinajstić information content (AvgIpc) is 3.52. The first kappa shape index (κ1) is 31.3. The van der Waals surface area contributed by atoms with Crippen molar-refractivity contribution < 1.29 is 28.6 Å². The van der Waals surface area contributed by atoms with E-state index in [4.69, 9.17) is 14.2 Å². The molecule has 4 rings (SSSR count). The minimum absolute atomic E-state index is 0.0560. The highest BCUT2D eigenvalue weighted by atomic mass is 16.6. The number of nitrogens with zero attached hydrogens (tertiary/aromatic N) is 3. The van der Waals surface area contributed by atoms with Crippen molar-refractivity contribution in [3.8, 4) is 11.6 Å². The number of hydrogen-bond acceptors (Lipinski definition) is 7. The normalized spacial score (nSPS) is 12.5. The predicted molar refractivity (Wildman–Crippen MR) is 164 cm³/mol. The van der Waals surface area contributed by atoms with Gasteiger partial charge >= 0.3 is 12.1 Å². The molecule has 1 atom stereocenters. The number of carbonyl (C=O) groups is 3. The predicted octanol–water partition coefficient (Wildman–Crippen LogP) is 5.72. The van der Waals surface area contributed by atoms with Crippen molar-refractivity contribution in [2.45, 2.75) is 66.2 Å². The van der Waals surface area contributed by atoms with Crippen molar-refractivity contribution in [2.75, 3.05) is 13.7 Å². The molecular weight excluding hydrogens is 548 g/mol. The molecule has 0 bridgehead atoms. The molecule has 0 aliphatic rings. The lowest BCUT2D eigenvalue weighted by atomic mass is 9.97. The van der Waals surface area contributed by atoms with E-state index in [0.29, 0.717) is 23.6 Å². The number of fused-ring (bicyclic) bond motifs is 1. The van der Waals surface area contributed by atoms with Crippen LogP contribution in [0.25, 0.3) is 16.7 Å². The zero-order valence-corrected chi connectivity index (χ0v) is 25.8. The van der Waals surface area contributed by atoms with Gasteiger partial charge in [0.1, 0.15) is 30.1 Å². The van der Waals surface area contributed by atoms with Gasteiger partial charge in [-0.05, 0) is 65.3 Å². The van der Waals surface area contributed by atoms with Gasteiger partial charge in [0.05, 0.1) is 35.3 Å². The fraction of sp³-hybridized carbons (Fsp3) is 0.394. The Kier molecular flexibility index (Phi) is 9.27. The van der Waals surface area contributed by atoms with Crippen molar-refractivity contribution in [3.63, 3.8) is 0 Å². The van der Waals surface area contributed by atoms with Gasteiger partial charge in [-0.2, -0.15) is 0 Å². The summed E-state index contributed by atoms with van der Waals surface area (Å²) in [6.07, 6.45) is 3.97. The molecule has 10 heteroatoms. The van der Waals surface area contributed by atoms with Gasteiger partial charge in [-0.1, -0.05) is 30.3 Å². The Hall–Kier alpha value is -4.60. The van der Waals surface area contributed by atoms with Crippen LogP contribution in [0.4, 0.5) is 4.79 Å². The molecule has 0 saturated heterocycles. The van der Waals surface area contributed by atoms with Gasteiger partial charge in [0.15, 0.2) is 6.29 Å². The average molecular weight is 589 g/mol. The summed E-state index contributed by atoms with van der Waals surface area (Å²) in [6.45, 7) is 11.1. The third kappa shape index (κ3) is 7.82. The maximum atomic E-state index is 12.6. The standard InChI is InChI=1S/C33H40N4O6/c1-32(2,3)30(39)42-20-24(35-31(40)43-33(4,5)6)16-23-18-36(21-34-23)29-27(19-38)26-10-8-9-11-28(26)37(29)17-22-12-14-25(41-7)15-13-22/h8-15,18-19,21,24H,16-17,20H2,1-7H3,(H,35,40)/t24-/m0/s1. The molecule has 228 valence electrons. The molecule has 0 spiro atoms. The highest BCUT2D eigenvalue weighted by molar-refractivity contribution is 6.02. The van der Waals surface area contributed by atoms with E-state index in [-0.39, 0.29) is 19.0 Å². The molecule has 0 radical (unpaired) electrons. The highest BCUT2D eigenvalue weighted by Crippen LogP contribution is 2.29. The first-order valence-corrected chi connectivity index (χ1v) is 14.2. The van der Waals surface area contributed by atoms with Gasteiger partial charge in [-0.15, -0.1) is 0 Å². The number of ether oxygens (including phenoxy) is 3. The topological polar surface area (TPSA) is 114 Å². The monoisotopic (exact) mass is 588 g/mol. The number of aldehydes is 1. The lowest BCUT2D eigenvalue weighted by Gasteiger charge is -2.24.